The Bertz CT molecular complexity index is 252. The van der Waals surface area contributed by atoms with Gasteiger partial charge in [0.2, 0.25) is 0 Å². The van der Waals surface area contributed by atoms with Crippen molar-refractivity contribution in [1.29, 1.82) is 0 Å². The number of hydrogen-bond donors (Lipinski definition) is 2. The topological polar surface area (TPSA) is 52.6 Å². The van der Waals surface area contributed by atoms with Crippen LogP contribution < -0.4 is 5.32 Å². The summed E-state index contributed by atoms with van der Waals surface area (Å²) in [6, 6.07) is 0.217. The molecule has 1 aliphatic heterocycles. The molecule has 0 saturated carbocycles. The molecule has 0 aromatic carbocycles. The average molecular weight is 242 g/mol. The Morgan fingerprint density at radius 3 is 2.47 bits per heavy atom. The van der Waals surface area contributed by atoms with E-state index in [4.69, 9.17) is 0 Å². The van der Waals surface area contributed by atoms with E-state index in [-0.39, 0.29) is 6.04 Å². The molecule has 0 radical (unpaired) electrons. The lowest BCUT2D eigenvalue weighted by Gasteiger charge is -2.33. The molecule has 0 aromatic heterocycles. The molecular weight excluding hydrogens is 216 g/mol. The summed E-state index contributed by atoms with van der Waals surface area (Å²) in [6.07, 6.45) is 4.49. The highest BCUT2D eigenvalue weighted by molar-refractivity contribution is 5.78. The molecular formula is C13H26N2O2. The van der Waals surface area contributed by atoms with Crippen molar-refractivity contribution in [1.82, 2.24) is 10.2 Å². The number of nitrogens with one attached hydrogen (secondary N) is 1. The van der Waals surface area contributed by atoms with Crippen LogP contribution in [-0.2, 0) is 4.79 Å². The average Bonchev–Trinajstić information content (AvgIpc) is 2.29. The lowest BCUT2D eigenvalue weighted by Crippen LogP contribution is -2.55. The van der Waals surface area contributed by atoms with E-state index in [1.54, 1.807) is 6.92 Å². The highest BCUT2D eigenvalue weighted by Crippen LogP contribution is 2.13. The van der Waals surface area contributed by atoms with Crippen molar-refractivity contribution < 1.29 is 9.90 Å². The summed E-state index contributed by atoms with van der Waals surface area (Å²) < 4.78 is 0. The van der Waals surface area contributed by atoms with E-state index in [1.165, 1.54) is 19.3 Å². The van der Waals surface area contributed by atoms with Gasteiger partial charge in [0.25, 0.3) is 0 Å². The SMILES string of the molecule is CCC(C)(NC(C)CN1CCCCC1)C(=O)O. The second-order valence-corrected chi connectivity index (χ2v) is 5.40. The molecule has 1 rings (SSSR count). The third-order valence-electron chi connectivity index (χ3n) is 3.72. The Kier molecular flexibility index (Phi) is 5.40. The number of carbonyl (C=O) groups is 1. The quantitative estimate of drug-likeness (QED) is 0.744. The van der Waals surface area contributed by atoms with Crippen LogP contribution in [0.25, 0.3) is 0 Å². The second kappa shape index (κ2) is 6.36. The largest absolute Gasteiger partial charge is 0.480 e. The third kappa shape index (κ3) is 4.28. The van der Waals surface area contributed by atoms with E-state index in [1.807, 2.05) is 6.92 Å². The first kappa shape index (κ1) is 14.5. The van der Waals surface area contributed by atoms with Gasteiger partial charge in [-0.2, -0.15) is 0 Å². The fourth-order valence-electron chi connectivity index (χ4n) is 2.43. The highest BCUT2D eigenvalue weighted by Gasteiger charge is 2.32. The predicted molar refractivity (Wildman–Crippen MR) is 69.2 cm³/mol. The second-order valence-electron chi connectivity index (χ2n) is 5.40. The maximum Gasteiger partial charge on any atom is 0.323 e. The van der Waals surface area contributed by atoms with Crippen molar-refractivity contribution in [3.8, 4) is 0 Å². The number of likely N-dealkylation sites (tertiary alicyclic amines) is 1. The summed E-state index contributed by atoms with van der Waals surface area (Å²) in [5.74, 6) is -0.759. The zero-order valence-electron chi connectivity index (χ0n) is 11.3. The maximum absolute atomic E-state index is 11.2. The van der Waals surface area contributed by atoms with Crippen LogP contribution in [0.3, 0.4) is 0 Å². The number of carboxylic acids is 1. The smallest absolute Gasteiger partial charge is 0.323 e. The molecule has 17 heavy (non-hydrogen) atoms. The molecule has 2 atom stereocenters. The van der Waals surface area contributed by atoms with E-state index in [0.29, 0.717) is 6.42 Å². The van der Waals surface area contributed by atoms with Crippen molar-refractivity contribution in [3.05, 3.63) is 0 Å². The van der Waals surface area contributed by atoms with Gasteiger partial charge in [-0.25, -0.2) is 0 Å². The molecule has 1 heterocycles. The molecule has 1 aliphatic rings. The molecule has 2 N–H and O–H groups in total. The van der Waals surface area contributed by atoms with E-state index in [0.717, 1.165) is 19.6 Å². The van der Waals surface area contributed by atoms with Crippen LogP contribution in [-0.4, -0.2) is 47.2 Å². The molecule has 0 spiro atoms. The number of piperidine rings is 1. The predicted octanol–water partition coefficient (Wildman–Crippen LogP) is 1.70. The summed E-state index contributed by atoms with van der Waals surface area (Å²) in [5, 5.41) is 12.5. The normalized spacial score (nSPS) is 23.0. The lowest BCUT2D eigenvalue weighted by molar-refractivity contribution is -0.144. The van der Waals surface area contributed by atoms with Gasteiger partial charge in [-0.1, -0.05) is 13.3 Å². The maximum atomic E-state index is 11.2. The van der Waals surface area contributed by atoms with Gasteiger partial charge in [0.05, 0.1) is 0 Å². The van der Waals surface area contributed by atoms with Gasteiger partial charge in [-0.3, -0.25) is 10.1 Å². The first-order chi connectivity index (χ1) is 7.98. The summed E-state index contributed by atoms with van der Waals surface area (Å²) in [7, 11) is 0. The molecule has 0 bridgehead atoms. The van der Waals surface area contributed by atoms with Crippen molar-refractivity contribution in [2.45, 2.75) is 58.0 Å². The van der Waals surface area contributed by atoms with E-state index >= 15 is 0 Å². The Morgan fingerprint density at radius 1 is 1.41 bits per heavy atom. The Hall–Kier alpha value is -0.610. The summed E-state index contributed by atoms with van der Waals surface area (Å²) in [6.45, 7) is 9.01. The molecule has 2 unspecified atom stereocenters. The van der Waals surface area contributed by atoms with Crippen LogP contribution in [0.4, 0.5) is 0 Å². The van der Waals surface area contributed by atoms with Gasteiger partial charge in [0, 0.05) is 12.6 Å². The minimum atomic E-state index is -0.796. The van der Waals surface area contributed by atoms with Gasteiger partial charge in [0.1, 0.15) is 5.54 Å². The van der Waals surface area contributed by atoms with E-state index in [2.05, 4.69) is 17.1 Å². The first-order valence-electron chi connectivity index (χ1n) is 6.71. The summed E-state index contributed by atoms with van der Waals surface area (Å²) in [4.78, 5) is 13.6. The fourth-order valence-corrected chi connectivity index (χ4v) is 2.43. The number of hydrogen-bond acceptors (Lipinski definition) is 3. The molecule has 4 nitrogen and oxygen atoms in total. The van der Waals surface area contributed by atoms with Gasteiger partial charge >= 0.3 is 5.97 Å². The zero-order valence-corrected chi connectivity index (χ0v) is 11.3. The van der Waals surface area contributed by atoms with Crippen LogP contribution in [0.1, 0.15) is 46.5 Å². The van der Waals surface area contributed by atoms with E-state index < -0.39 is 11.5 Å². The van der Waals surface area contributed by atoms with Crippen LogP contribution in [0.15, 0.2) is 0 Å². The molecule has 4 heteroatoms. The molecule has 100 valence electrons. The van der Waals surface area contributed by atoms with Crippen molar-refractivity contribution in [2.24, 2.45) is 0 Å². The molecule has 0 aromatic rings. The Labute approximate surface area is 104 Å². The molecule has 0 amide bonds. The zero-order chi connectivity index (χ0) is 12.9. The van der Waals surface area contributed by atoms with Crippen LogP contribution in [0, 0.1) is 0 Å². The minimum Gasteiger partial charge on any atom is -0.480 e. The van der Waals surface area contributed by atoms with Gasteiger partial charge in [-0.15, -0.1) is 0 Å². The first-order valence-corrected chi connectivity index (χ1v) is 6.71. The monoisotopic (exact) mass is 242 g/mol. The molecule has 0 aliphatic carbocycles. The minimum absolute atomic E-state index is 0.217. The third-order valence-corrected chi connectivity index (χ3v) is 3.72. The van der Waals surface area contributed by atoms with Gasteiger partial charge in [-0.05, 0) is 46.2 Å². The van der Waals surface area contributed by atoms with Crippen molar-refractivity contribution in [3.63, 3.8) is 0 Å². The van der Waals surface area contributed by atoms with Crippen molar-refractivity contribution in [2.75, 3.05) is 19.6 Å². The fraction of sp³-hybridized carbons (Fsp3) is 0.923. The van der Waals surface area contributed by atoms with Gasteiger partial charge in [0.15, 0.2) is 0 Å². The number of rotatable bonds is 6. The van der Waals surface area contributed by atoms with Crippen molar-refractivity contribution >= 4 is 5.97 Å². The molecule has 1 fully saturated rings. The Morgan fingerprint density at radius 2 is 2.00 bits per heavy atom. The van der Waals surface area contributed by atoms with E-state index in [9.17, 15) is 9.90 Å². The Balaban J connectivity index is 2.41. The molecule has 1 saturated heterocycles. The summed E-state index contributed by atoms with van der Waals surface area (Å²) in [5.41, 5.74) is -0.796. The van der Waals surface area contributed by atoms with Crippen LogP contribution >= 0.6 is 0 Å². The standard InChI is InChI=1S/C13H26N2O2/c1-4-13(3,12(16)17)14-11(2)10-15-8-6-5-7-9-15/h11,14H,4-10H2,1-3H3,(H,16,17). The number of carboxylic acid groups (broad SMARTS) is 1. The lowest BCUT2D eigenvalue weighted by atomic mass is 9.98. The highest BCUT2D eigenvalue weighted by atomic mass is 16.4. The number of nitrogens with zero attached hydrogens (tertiary/aromatic N) is 1. The van der Waals surface area contributed by atoms with Crippen LogP contribution in [0.2, 0.25) is 0 Å². The summed E-state index contributed by atoms with van der Waals surface area (Å²) >= 11 is 0. The number of aliphatic carboxylic acids is 1. The van der Waals surface area contributed by atoms with Gasteiger partial charge < -0.3 is 10.0 Å². The van der Waals surface area contributed by atoms with Crippen LogP contribution in [0.5, 0.6) is 0 Å².